The zero-order valence-corrected chi connectivity index (χ0v) is 12.6. The Hall–Kier alpha value is -0.470. The van der Waals surface area contributed by atoms with Gasteiger partial charge in [-0.3, -0.25) is 0 Å². The first-order chi connectivity index (χ1) is 8.70. The first-order valence-electron chi connectivity index (χ1n) is 7.10. The minimum absolute atomic E-state index is 0.464. The molecule has 1 fully saturated rings. The van der Waals surface area contributed by atoms with E-state index in [0.717, 1.165) is 5.92 Å². The molecule has 1 aromatic carbocycles. The van der Waals surface area contributed by atoms with Crippen LogP contribution in [0, 0.1) is 5.92 Å². The van der Waals surface area contributed by atoms with Gasteiger partial charge in [-0.2, -0.15) is 0 Å². The predicted octanol–water partition coefficient (Wildman–Crippen LogP) is 4.64. The molecule has 100 valence electrons. The van der Waals surface area contributed by atoms with Crippen molar-refractivity contribution in [2.24, 2.45) is 5.92 Å². The molecule has 1 N–H and O–H groups in total. The normalized spacial score (nSPS) is 25.9. The molecule has 1 aliphatic rings. The van der Waals surface area contributed by atoms with Gasteiger partial charge in [-0.25, -0.2) is 0 Å². The van der Waals surface area contributed by atoms with Crippen LogP contribution in [0.3, 0.4) is 0 Å². The first kappa shape index (κ1) is 14.0. The van der Waals surface area contributed by atoms with E-state index < -0.39 is 0 Å². The molecule has 1 aromatic rings. The van der Waals surface area contributed by atoms with E-state index in [9.17, 15) is 0 Å². The van der Waals surface area contributed by atoms with Gasteiger partial charge in [0.1, 0.15) is 0 Å². The Bertz CT molecular complexity index is 360. The SMILES string of the molecule is CSc1ccc(C(C)NC2CCCCC2C)cc1. The van der Waals surface area contributed by atoms with Gasteiger partial charge in [0, 0.05) is 17.0 Å². The fraction of sp³-hybridized carbons (Fsp3) is 0.625. The highest BCUT2D eigenvalue weighted by atomic mass is 32.2. The fourth-order valence-electron chi connectivity index (χ4n) is 2.87. The van der Waals surface area contributed by atoms with Crippen LogP contribution >= 0.6 is 11.8 Å². The molecule has 0 heterocycles. The van der Waals surface area contributed by atoms with Crippen LogP contribution in [0.4, 0.5) is 0 Å². The van der Waals surface area contributed by atoms with Crippen LogP contribution < -0.4 is 5.32 Å². The number of hydrogen-bond acceptors (Lipinski definition) is 2. The van der Waals surface area contributed by atoms with Crippen LogP contribution in [-0.4, -0.2) is 12.3 Å². The van der Waals surface area contributed by atoms with Gasteiger partial charge in [-0.1, -0.05) is 31.9 Å². The monoisotopic (exact) mass is 263 g/mol. The van der Waals surface area contributed by atoms with E-state index >= 15 is 0 Å². The summed E-state index contributed by atoms with van der Waals surface area (Å²) in [6, 6.07) is 10.1. The van der Waals surface area contributed by atoms with Crippen molar-refractivity contribution in [1.29, 1.82) is 0 Å². The molecule has 18 heavy (non-hydrogen) atoms. The summed E-state index contributed by atoms with van der Waals surface area (Å²) in [4.78, 5) is 1.34. The van der Waals surface area contributed by atoms with E-state index in [-0.39, 0.29) is 0 Å². The molecule has 0 radical (unpaired) electrons. The first-order valence-corrected chi connectivity index (χ1v) is 8.33. The van der Waals surface area contributed by atoms with Crippen molar-refractivity contribution in [2.45, 2.75) is 56.5 Å². The van der Waals surface area contributed by atoms with Crippen LogP contribution in [0.5, 0.6) is 0 Å². The number of hydrogen-bond donors (Lipinski definition) is 1. The van der Waals surface area contributed by atoms with Crippen molar-refractivity contribution in [3.8, 4) is 0 Å². The molecule has 2 rings (SSSR count). The number of rotatable bonds is 4. The van der Waals surface area contributed by atoms with E-state index in [0.29, 0.717) is 12.1 Å². The fourth-order valence-corrected chi connectivity index (χ4v) is 3.28. The quantitative estimate of drug-likeness (QED) is 0.794. The third-order valence-electron chi connectivity index (χ3n) is 4.19. The van der Waals surface area contributed by atoms with Gasteiger partial charge in [-0.15, -0.1) is 11.8 Å². The van der Waals surface area contributed by atoms with Crippen molar-refractivity contribution in [2.75, 3.05) is 6.26 Å². The largest absolute Gasteiger partial charge is 0.307 e. The summed E-state index contributed by atoms with van der Waals surface area (Å²) in [6.45, 7) is 4.68. The molecule has 0 aromatic heterocycles. The number of thioether (sulfide) groups is 1. The van der Waals surface area contributed by atoms with Crippen LogP contribution in [0.25, 0.3) is 0 Å². The van der Waals surface area contributed by atoms with E-state index in [1.807, 2.05) is 0 Å². The van der Waals surface area contributed by atoms with Gasteiger partial charge in [0.05, 0.1) is 0 Å². The second kappa shape index (κ2) is 6.63. The second-order valence-corrected chi connectivity index (χ2v) is 6.41. The standard InChI is InChI=1S/C16H25NS/c1-12-6-4-5-7-16(12)17-13(2)14-8-10-15(18-3)11-9-14/h8-13,16-17H,4-7H2,1-3H3. The Labute approximate surface area is 116 Å². The Balaban J connectivity index is 1.95. The highest BCUT2D eigenvalue weighted by Crippen LogP contribution is 2.26. The van der Waals surface area contributed by atoms with Crippen LogP contribution in [0.1, 0.15) is 51.1 Å². The number of nitrogens with one attached hydrogen (secondary N) is 1. The summed E-state index contributed by atoms with van der Waals surface area (Å²) < 4.78 is 0. The van der Waals surface area contributed by atoms with Gasteiger partial charge in [0.15, 0.2) is 0 Å². The van der Waals surface area contributed by atoms with Crippen molar-refractivity contribution in [3.63, 3.8) is 0 Å². The summed E-state index contributed by atoms with van der Waals surface area (Å²) in [7, 11) is 0. The molecule has 3 atom stereocenters. The zero-order chi connectivity index (χ0) is 13.0. The molecule has 2 heteroatoms. The highest BCUT2D eigenvalue weighted by molar-refractivity contribution is 7.98. The minimum atomic E-state index is 0.464. The lowest BCUT2D eigenvalue weighted by Crippen LogP contribution is -2.38. The molecule has 0 spiro atoms. The van der Waals surface area contributed by atoms with E-state index in [2.05, 4.69) is 49.7 Å². The average molecular weight is 263 g/mol. The van der Waals surface area contributed by atoms with E-state index in [1.54, 1.807) is 11.8 Å². The maximum Gasteiger partial charge on any atom is 0.0294 e. The highest BCUT2D eigenvalue weighted by Gasteiger charge is 2.22. The Morgan fingerprint density at radius 2 is 1.83 bits per heavy atom. The lowest BCUT2D eigenvalue weighted by atomic mass is 9.85. The maximum atomic E-state index is 3.82. The molecule has 1 saturated carbocycles. The smallest absolute Gasteiger partial charge is 0.0294 e. The summed E-state index contributed by atoms with van der Waals surface area (Å²) in [5.41, 5.74) is 1.41. The molecule has 1 nitrogen and oxygen atoms in total. The van der Waals surface area contributed by atoms with Crippen molar-refractivity contribution in [1.82, 2.24) is 5.32 Å². The van der Waals surface area contributed by atoms with Gasteiger partial charge in [0.25, 0.3) is 0 Å². The topological polar surface area (TPSA) is 12.0 Å². The van der Waals surface area contributed by atoms with Crippen molar-refractivity contribution in [3.05, 3.63) is 29.8 Å². The average Bonchev–Trinajstić information content (AvgIpc) is 2.41. The molecule has 0 aliphatic heterocycles. The van der Waals surface area contributed by atoms with E-state index in [4.69, 9.17) is 0 Å². The van der Waals surface area contributed by atoms with Gasteiger partial charge < -0.3 is 5.32 Å². The number of benzene rings is 1. The molecule has 3 unspecified atom stereocenters. The van der Waals surface area contributed by atoms with Gasteiger partial charge in [0.2, 0.25) is 0 Å². The Morgan fingerprint density at radius 1 is 1.17 bits per heavy atom. The Kier molecular flexibility index (Phi) is 5.13. The Morgan fingerprint density at radius 3 is 2.44 bits per heavy atom. The van der Waals surface area contributed by atoms with Gasteiger partial charge >= 0.3 is 0 Å². The summed E-state index contributed by atoms with van der Waals surface area (Å²) in [5, 5.41) is 3.82. The van der Waals surface area contributed by atoms with Crippen molar-refractivity contribution < 1.29 is 0 Å². The van der Waals surface area contributed by atoms with Gasteiger partial charge in [-0.05, 0) is 49.6 Å². The van der Waals surface area contributed by atoms with E-state index in [1.165, 1.54) is 36.1 Å². The molecule has 0 amide bonds. The third kappa shape index (κ3) is 3.52. The molecule has 0 saturated heterocycles. The predicted molar refractivity (Wildman–Crippen MR) is 81.2 cm³/mol. The molecular formula is C16H25NS. The van der Waals surface area contributed by atoms with Crippen LogP contribution in [-0.2, 0) is 0 Å². The lowest BCUT2D eigenvalue weighted by Gasteiger charge is -2.32. The minimum Gasteiger partial charge on any atom is -0.307 e. The molecule has 0 bridgehead atoms. The summed E-state index contributed by atoms with van der Waals surface area (Å²) in [5.74, 6) is 0.826. The third-order valence-corrected chi connectivity index (χ3v) is 4.93. The van der Waals surface area contributed by atoms with Crippen LogP contribution in [0.15, 0.2) is 29.2 Å². The maximum absolute atomic E-state index is 3.82. The zero-order valence-electron chi connectivity index (χ0n) is 11.8. The molecular weight excluding hydrogens is 238 g/mol. The van der Waals surface area contributed by atoms with Crippen molar-refractivity contribution >= 4 is 11.8 Å². The lowest BCUT2D eigenvalue weighted by molar-refractivity contribution is 0.263. The van der Waals surface area contributed by atoms with Crippen LogP contribution in [0.2, 0.25) is 0 Å². The second-order valence-electron chi connectivity index (χ2n) is 5.53. The summed E-state index contributed by atoms with van der Waals surface area (Å²) >= 11 is 1.80. The molecule has 1 aliphatic carbocycles. The summed E-state index contributed by atoms with van der Waals surface area (Å²) in [6.07, 6.45) is 7.65.